The second kappa shape index (κ2) is 7.76. The van der Waals surface area contributed by atoms with Gasteiger partial charge in [-0.25, -0.2) is 9.69 Å². The highest BCUT2D eigenvalue weighted by Gasteiger charge is 2.55. The maximum atomic E-state index is 13.1. The van der Waals surface area contributed by atoms with Crippen molar-refractivity contribution < 1.29 is 22.8 Å². The van der Waals surface area contributed by atoms with Gasteiger partial charge in [0.1, 0.15) is 5.54 Å². The fourth-order valence-electron chi connectivity index (χ4n) is 4.85. The van der Waals surface area contributed by atoms with Crippen LogP contribution < -0.4 is 10.2 Å². The first kappa shape index (κ1) is 21.0. The first-order chi connectivity index (χ1) is 14.2. The first-order valence-corrected chi connectivity index (χ1v) is 10.5. The van der Waals surface area contributed by atoms with Gasteiger partial charge in [0.15, 0.2) is 0 Å². The average molecular weight is 424 g/mol. The fraction of sp³-hybridized carbons (Fsp3) is 0.619. The Morgan fingerprint density at radius 3 is 2.53 bits per heavy atom. The first-order valence-electron chi connectivity index (χ1n) is 10.5. The summed E-state index contributed by atoms with van der Waals surface area (Å²) in [6, 6.07) is 4.99. The SMILES string of the molecule is C[C@H]1CCCC[C@@]12NC(=O)N(CN1CCN(c3cccc(C(F)(F)F)c3)CC1)C2=O. The number of imide groups is 1. The number of halogens is 3. The Morgan fingerprint density at radius 1 is 1.13 bits per heavy atom. The molecule has 0 radical (unpaired) electrons. The van der Waals surface area contributed by atoms with Crippen LogP contribution in [-0.4, -0.2) is 60.1 Å². The van der Waals surface area contributed by atoms with Gasteiger partial charge in [-0.15, -0.1) is 0 Å². The summed E-state index contributed by atoms with van der Waals surface area (Å²) in [6.45, 7) is 4.44. The van der Waals surface area contributed by atoms with E-state index >= 15 is 0 Å². The van der Waals surface area contributed by atoms with Crippen LogP contribution in [0.3, 0.4) is 0 Å². The molecule has 2 saturated heterocycles. The van der Waals surface area contributed by atoms with Gasteiger partial charge in [-0.3, -0.25) is 9.69 Å². The largest absolute Gasteiger partial charge is 0.416 e. The van der Waals surface area contributed by atoms with Crippen molar-refractivity contribution in [3.63, 3.8) is 0 Å². The maximum Gasteiger partial charge on any atom is 0.416 e. The number of amides is 3. The Labute approximate surface area is 174 Å². The molecule has 0 unspecified atom stereocenters. The van der Waals surface area contributed by atoms with E-state index in [-0.39, 0.29) is 24.5 Å². The summed E-state index contributed by atoms with van der Waals surface area (Å²) in [6.07, 6.45) is -0.759. The van der Waals surface area contributed by atoms with Gasteiger partial charge in [-0.05, 0) is 37.0 Å². The lowest BCUT2D eigenvalue weighted by Gasteiger charge is -2.38. The van der Waals surface area contributed by atoms with E-state index in [0.29, 0.717) is 38.3 Å². The number of hydrogen-bond donors (Lipinski definition) is 1. The molecule has 1 aliphatic carbocycles. The normalized spacial score (nSPS) is 28.3. The third-order valence-electron chi connectivity index (χ3n) is 6.75. The van der Waals surface area contributed by atoms with Gasteiger partial charge >= 0.3 is 12.2 Å². The highest BCUT2D eigenvalue weighted by atomic mass is 19.4. The van der Waals surface area contributed by atoms with Crippen molar-refractivity contribution in [3.8, 4) is 0 Å². The zero-order chi connectivity index (χ0) is 21.5. The second-order valence-electron chi connectivity index (χ2n) is 8.58. The van der Waals surface area contributed by atoms with Crippen molar-refractivity contribution in [1.82, 2.24) is 15.1 Å². The van der Waals surface area contributed by atoms with Crippen LogP contribution in [0.5, 0.6) is 0 Å². The molecule has 2 aliphatic heterocycles. The molecule has 164 valence electrons. The van der Waals surface area contributed by atoms with Crippen molar-refractivity contribution in [2.45, 2.75) is 44.3 Å². The summed E-state index contributed by atoms with van der Waals surface area (Å²) in [5.41, 5.74) is -0.891. The summed E-state index contributed by atoms with van der Waals surface area (Å²) >= 11 is 0. The molecule has 1 saturated carbocycles. The molecule has 30 heavy (non-hydrogen) atoms. The molecule has 3 aliphatic rings. The molecule has 3 amide bonds. The van der Waals surface area contributed by atoms with Gasteiger partial charge in [0.05, 0.1) is 12.2 Å². The topological polar surface area (TPSA) is 55.9 Å². The minimum atomic E-state index is -4.37. The lowest BCUT2D eigenvalue weighted by Crippen LogP contribution is -2.55. The molecular formula is C21H27F3N4O2. The number of carbonyl (C=O) groups is 2. The number of hydrogen-bond acceptors (Lipinski definition) is 4. The number of rotatable bonds is 3. The Morgan fingerprint density at radius 2 is 1.87 bits per heavy atom. The van der Waals surface area contributed by atoms with Gasteiger partial charge < -0.3 is 10.2 Å². The molecular weight excluding hydrogens is 397 g/mol. The van der Waals surface area contributed by atoms with Gasteiger partial charge in [-0.1, -0.05) is 25.8 Å². The highest BCUT2D eigenvalue weighted by molar-refractivity contribution is 6.07. The third-order valence-corrected chi connectivity index (χ3v) is 6.75. The molecule has 0 bridgehead atoms. The number of alkyl halides is 3. The van der Waals surface area contributed by atoms with Gasteiger partial charge in [0.2, 0.25) is 0 Å². The standard InChI is InChI=1S/C21H27F3N4O2/c1-15-5-2-3-8-20(15)18(29)28(19(30)25-20)14-26-9-11-27(12-10-26)17-7-4-6-16(13-17)21(22,23)24/h4,6-7,13,15H,2-3,5,8-12,14H2,1H3,(H,25,30)/t15-,20+/m0/s1. The Balaban J connectivity index is 1.37. The number of nitrogens with zero attached hydrogens (tertiary/aromatic N) is 3. The highest BCUT2D eigenvalue weighted by Crippen LogP contribution is 2.38. The van der Waals surface area contributed by atoms with Crippen LogP contribution in [-0.2, 0) is 11.0 Å². The maximum absolute atomic E-state index is 13.1. The quantitative estimate of drug-likeness (QED) is 0.757. The second-order valence-corrected chi connectivity index (χ2v) is 8.58. The smallest absolute Gasteiger partial charge is 0.369 e. The Kier molecular flexibility index (Phi) is 5.42. The molecule has 6 nitrogen and oxygen atoms in total. The van der Waals surface area contributed by atoms with Gasteiger partial charge in [0.25, 0.3) is 5.91 Å². The number of piperazine rings is 1. The average Bonchev–Trinajstić information content (AvgIpc) is 2.95. The van der Waals surface area contributed by atoms with E-state index in [2.05, 4.69) is 5.32 Å². The van der Waals surface area contributed by atoms with E-state index in [4.69, 9.17) is 0 Å². The van der Waals surface area contributed by atoms with Crippen molar-refractivity contribution >= 4 is 17.6 Å². The van der Waals surface area contributed by atoms with Gasteiger partial charge in [-0.2, -0.15) is 13.2 Å². The number of carbonyl (C=O) groups excluding carboxylic acids is 2. The van der Waals surface area contributed by atoms with E-state index in [9.17, 15) is 22.8 Å². The summed E-state index contributed by atoms with van der Waals surface area (Å²) in [5.74, 6) is -0.0227. The predicted molar refractivity (Wildman–Crippen MR) is 106 cm³/mol. The monoisotopic (exact) mass is 424 g/mol. The summed E-state index contributed by atoms with van der Waals surface area (Å²) in [5, 5.41) is 2.96. The lowest BCUT2D eigenvalue weighted by molar-refractivity contribution is -0.137. The summed E-state index contributed by atoms with van der Waals surface area (Å²) in [7, 11) is 0. The lowest BCUT2D eigenvalue weighted by atomic mass is 9.73. The van der Waals surface area contributed by atoms with Crippen LogP contribution in [0.25, 0.3) is 0 Å². The minimum absolute atomic E-state index is 0.116. The van der Waals surface area contributed by atoms with Crippen molar-refractivity contribution in [2.24, 2.45) is 5.92 Å². The number of nitrogens with one attached hydrogen (secondary N) is 1. The van der Waals surface area contributed by atoms with Crippen LogP contribution in [0.2, 0.25) is 0 Å². The van der Waals surface area contributed by atoms with Gasteiger partial charge in [0, 0.05) is 31.9 Å². The fourth-order valence-corrected chi connectivity index (χ4v) is 4.85. The van der Waals surface area contributed by atoms with Crippen LogP contribution in [0, 0.1) is 5.92 Å². The molecule has 3 fully saturated rings. The molecule has 1 spiro atoms. The Bertz CT molecular complexity index is 823. The Hall–Kier alpha value is -2.29. The number of benzene rings is 1. The number of urea groups is 1. The minimum Gasteiger partial charge on any atom is -0.369 e. The zero-order valence-electron chi connectivity index (χ0n) is 17.0. The molecule has 9 heteroatoms. The van der Waals surface area contributed by atoms with Crippen molar-refractivity contribution in [2.75, 3.05) is 37.7 Å². The van der Waals surface area contributed by atoms with Crippen molar-refractivity contribution in [1.29, 1.82) is 0 Å². The van der Waals surface area contributed by atoms with E-state index in [0.717, 1.165) is 25.3 Å². The zero-order valence-corrected chi connectivity index (χ0v) is 17.0. The van der Waals surface area contributed by atoms with Crippen LogP contribution >= 0.6 is 0 Å². The molecule has 2 heterocycles. The molecule has 2 atom stereocenters. The third kappa shape index (κ3) is 3.75. The summed E-state index contributed by atoms with van der Waals surface area (Å²) in [4.78, 5) is 30.9. The van der Waals surface area contributed by atoms with E-state index < -0.39 is 17.3 Å². The van der Waals surface area contributed by atoms with Crippen LogP contribution in [0.4, 0.5) is 23.7 Å². The molecule has 1 aromatic rings. The van der Waals surface area contributed by atoms with E-state index in [1.54, 1.807) is 6.07 Å². The summed E-state index contributed by atoms with van der Waals surface area (Å²) < 4.78 is 38.9. The molecule has 1 aromatic carbocycles. The van der Waals surface area contributed by atoms with E-state index in [1.807, 2.05) is 16.7 Å². The molecule has 1 N–H and O–H groups in total. The number of anilines is 1. The van der Waals surface area contributed by atoms with Crippen molar-refractivity contribution in [3.05, 3.63) is 29.8 Å². The molecule has 0 aromatic heterocycles. The van der Waals surface area contributed by atoms with Crippen LogP contribution in [0.15, 0.2) is 24.3 Å². The molecule has 4 rings (SSSR count). The predicted octanol–water partition coefficient (Wildman–Crippen LogP) is 3.29. The van der Waals surface area contributed by atoms with E-state index in [1.165, 1.54) is 17.0 Å². The van der Waals surface area contributed by atoms with Crippen LogP contribution in [0.1, 0.15) is 38.2 Å².